The third-order valence-electron chi connectivity index (χ3n) is 3.20. The number of nitrogens with one attached hydrogen (secondary N) is 1. The van der Waals surface area contributed by atoms with Crippen molar-refractivity contribution in [1.82, 2.24) is 5.32 Å². The van der Waals surface area contributed by atoms with Crippen molar-refractivity contribution in [3.05, 3.63) is 35.4 Å². The van der Waals surface area contributed by atoms with E-state index in [1.54, 1.807) is 12.1 Å². The van der Waals surface area contributed by atoms with E-state index in [0.29, 0.717) is 5.56 Å². The SMILES string of the molecule is CC(NC(=O)C(F)(F)C(F)F)c1ccc(C(C)(C)C)cc1. The van der Waals surface area contributed by atoms with Gasteiger partial charge in [0.05, 0.1) is 6.04 Å². The van der Waals surface area contributed by atoms with Crippen LogP contribution in [-0.4, -0.2) is 18.3 Å². The number of carbonyl (C=O) groups is 1. The zero-order valence-corrected chi connectivity index (χ0v) is 12.4. The molecule has 0 aliphatic rings. The van der Waals surface area contributed by atoms with Gasteiger partial charge in [-0.25, -0.2) is 8.78 Å². The van der Waals surface area contributed by atoms with Crippen molar-refractivity contribution in [3.63, 3.8) is 0 Å². The Hall–Kier alpha value is -1.59. The highest BCUT2D eigenvalue weighted by atomic mass is 19.3. The molecule has 1 aromatic carbocycles. The number of carbonyl (C=O) groups excluding carboxylic acids is 1. The first-order chi connectivity index (χ1) is 9.46. The highest BCUT2D eigenvalue weighted by Crippen LogP contribution is 2.26. The molecule has 0 fully saturated rings. The molecule has 118 valence electrons. The Balaban J connectivity index is 2.81. The van der Waals surface area contributed by atoms with E-state index < -0.39 is 24.3 Å². The maximum atomic E-state index is 12.9. The van der Waals surface area contributed by atoms with E-state index >= 15 is 0 Å². The summed E-state index contributed by atoms with van der Waals surface area (Å²) in [6.07, 6.45) is -4.02. The molecule has 0 bridgehead atoms. The van der Waals surface area contributed by atoms with Gasteiger partial charge in [-0.3, -0.25) is 4.79 Å². The van der Waals surface area contributed by atoms with Crippen LogP contribution in [0.5, 0.6) is 0 Å². The molecule has 1 aromatic rings. The van der Waals surface area contributed by atoms with Gasteiger partial charge >= 0.3 is 12.3 Å². The normalized spacial score (nSPS) is 14.1. The van der Waals surface area contributed by atoms with Crippen LogP contribution >= 0.6 is 0 Å². The summed E-state index contributed by atoms with van der Waals surface area (Å²) >= 11 is 0. The minimum Gasteiger partial charge on any atom is -0.344 e. The van der Waals surface area contributed by atoms with Gasteiger partial charge in [-0.1, -0.05) is 45.0 Å². The quantitative estimate of drug-likeness (QED) is 0.835. The average molecular weight is 305 g/mol. The minimum absolute atomic E-state index is 0.0618. The molecule has 0 aliphatic carbocycles. The Morgan fingerprint density at radius 2 is 1.57 bits per heavy atom. The maximum Gasteiger partial charge on any atom is 0.383 e. The Bertz CT molecular complexity index is 491. The standard InChI is InChI=1S/C15H19F4NO/c1-9(20-13(21)15(18,19)12(16)17)10-5-7-11(8-6-10)14(2,3)4/h5-9,12H,1-4H3,(H,20,21). The van der Waals surface area contributed by atoms with Crippen molar-refractivity contribution in [1.29, 1.82) is 0 Å². The van der Waals surface area contributed by atoms with Crippen LogP contribution in [0.3, 0.4) is 0 Å². The summed E-state index contributed by atoms with van der Waals surface area (Å²) in [5, 5.41) is 1.91. The molecule has 2 nitrogen and oxygen atoms in total. The lowest BCUT2D eigenvalue weighted by Gasteiger charge is -2.22. The molecular weight excluding hydrogens is 286 g/mol. The fraction of sp³-hybridized carbons (Fsp3) is 0.533. The minimum atomic E-state index is -4.68. The van der Waals surface area contributed by atoms with Gasteiger partial charge in [0.25, 0.3) is 5.91 Å². The van der Waals surface area contributed by atoms with Crippen LogP contribution in [0.2, 0.25) is 0 Å². The number of hydrogen-bond acceptors (Lipinski definition) is 1. The van der Waals surface area contributed by atoms with Gasteiger partial charge in [-0.15, -0.1) is 0 Å². The second-order valence-electron chi connectivity index (χ2n) is 5.99. The summed E-state index contributed by atoms with van der Waals surface area (Å²) in [5.41, 5.74) is 1.55. The summed E-state index contributed by atoms with van der Waals surface area (Å²) in [4.78, 5) is 11.2. The van der Waals surface area contributed by atoms with Crippen LogP contribution in [0.4, 0.5) is 17.6 Å². The van der Waals surface area contributed by atoms with E-state index in [2.05, 4.69) is 0 Å². The van der Waals surface area contributed by atoms with Crippen molar-refractivity contribution >= 4 is 5.91 Å². The van der Waals surface area contributed by atoms with Crippen molar-refractivity contribution in [2.24, 2.45) is 0 Å². The van der Waals surface area contributed by atoms with Crippen LogP contribution < -0.4 is 5.32 Å². The van der Waals surface area contributed by atoms with E-state index in [9.17, 15) is 22.4 Å². The molecule has 0 aliphatic heterocycles. The molecule has 1 unspecified atom stereocenters. The summed E-state index contributed by atoms with van der Waals surface area (Å²) in [5.74, 6) is -6.65. The van der Waals surface area contributed by atoms with Crippen molar-refractivity contribution < 1.29 is 22.4 Å². The number of hydrogen-bond donors (Lipinski definition) is 1. The summed E-state index contributed by atoms with van der Waals surface area (Å²) in [6.45, 7) is 7.54. The lowest BCUT2D eigenvalue weighted by molar-refractivity contribution is -0.170. The van der Waals surface area contributed by atoms with Gasteiger partial charge in [0.2, 0.25) is 0 Å². The first kappa shape index (κ1) is 17.5. The van der Waals surface area contributed by atoms with Crippen LogP contribution in [0, 0.1) is 0 Å². The second-order valence-corrected chi connectivity index (χ2v) is 5.99. The molecular formula is C15H19F4NO. The van der Waals surface area contributed by atoms with Crippen LogP contribution in [0.1, 0.15) is 44.9 Å². The summed E-state index contributed by atoms with van der Waals surface area (Å²) < 4.78 is 49.9. The molecule has 21 heavy (non-hydrogen) atoms. The van der Waals surface area contributed by atoms with Crippen LogP contribution in [0.25, 0.3) is 0 Å². The van der Waals surface area contributed by atoms with E-state index in [0.717, 1.165) is 5.56 Å². The number of amides is 1. The number of alkyl halides is 4. The lowest BCUT2D eigenvalue weighted by atomic mass is 9.86. The Labute approximate surface area is 121 Å². The Morgan fingerprint density at radius 3 is 1.95 bits per heavy atom. The zero-order chi connectivity index (χ0) is 16.4. The number of benzene rings is 1. The predicted octanol–water partition coefficient (Wildman–Crippen LogP) is 4.06. The zero-order valence-electron chi connectivity index (χ0n) is 12.4. The highest BCUT2D eigenvalue weighted by Gasteiger charge is 2.49. The first-order valence-corrected chi connectivity index (χ1v) is 6.53. The largest absolute Gasteiger partial charge is 0.383 e. The van der Waals surface area contributed by atoms with E-state index in [4.69, 9.17) is 0 Å². The lowest BCUT2D eigenvalue weighted by Crippen LogP contribution is -2.45. The molecule has 0 heterocycles. The van der Waals surface area contributed by atoms with E-state index in [1.807, 2.05) is 38.2 Å². The predicted molar refractivity (Wildman–Crippen MR) is 72.7 cm³/mol. The summed E-state index contributed by atoms with van der Waals surface area (Å²) in [6, 6.07) is 6.24. The Kier molecular flexibility index (Phi) is 5.02. The van der Waals surface area contributed by atoms with Gasteiger partial charge in [0, 0.05) is 0 Å². The van der Waals surface area contributed by atoms with Gasteiger partial charge in [-0.2, -0.15) is 8.78 Å². The smallest absolute Gasteiger partial charge is 0.344 e. The van der Waals surface area contributed by atoms with Crippen molar-refractivity contribution in [2.75, 3.05) is 0 Å². The Morgan fingerprint density at radius 1 is 1.10 bits per heavy atom. The monoisotopic (exact) mass is 305 g/mol. The average Bonchev–Trinajstić information content (AvgIpc) is 2.37. The molecule has 0 saturated heterocycles. The summed E-state index contributed by atoms with van der Waals surface area (Å²) in [7, 11) is 0. The van der Waals surface area contributed by atoms with E-state index in [1.165, 1.54) is 6.92 Å². The topological polar surface area (TPSA) is 29.1 Å². The van der Waals surface area contributed by atoms with E-state index in [-0.39, 0.29) is 5.41 Å². The molecule has 1 rings (SSSR count). The van der Waals surface area contributed by atoms with Gasteiger partial charge in [0.1, 0.15) is 0 Å². The molecule has 0 spiro atoms. The van der Waals surface area contributed by atoms with Gasteiger partial charge in [0.15, 0.2) is 0 Å². The molecule has 0 aromatic heterocycles. The fourth-order valence-corrected chi connectivity index (χ4v) is 1.75. The third kappa shape index (κ3) is 4.19. The highest BCUT2D eigenvalue weighted by molar-refractivity contribution is 5.84. The molecule has 6 heteroatoms. The van der Waals surface area contributed by atoms with Crippen molar-refractivity contribution in [2.45, 2.75) is 51.5 Å². The molecule has 1 N–H and O–H groups in total. The first-order valence-electron chi connectivity index (χ1n) is 6.53. The fourth-order valence-electron chi connectivity index (χ4n) is 1.75. The third-order valence-corrected chi connectivity index (χ3v) is 3.20. The van der Waals surface area contributed by atoms with Crippen LogP contribution in [0.15, 0.2) is 24.3 Å². The molecule has 1 atom stereocenters. The number of halogens is 4. The van der Waals surface area contributed by atoms with Crippen LogP contribution in [-0.2, 0) is 10.2 Å². The maximum absolute atomic E-state index is 12.9. The van der Waals surface area contributed by atoms with Gasteiger partial charge in [-0.05, 0) is 23.5 Å². The molecule has 1 amide bonds. The van der Waals surface area contributed by atoms with Crippen molar-refractivity contribution in [3.8, 4) is 0 Å². The van der Waals surface area contributed by atoms with Gasteiger partial charge < -0.3 is 5.32 Å². The number of rotatable bonds is 4. The molecule has 0 saturated carbocycles. The second kappa shape index (κ2) is 6.03. The molecule has 0 radical (unpaired) electrons.